The summed E-state index contributed by atoms with van der Waals surface area (Å²) in [6, 6.07) is 9.67. The summed E-state index contributed by atoms with van der Waals surface area (Å²) in [7, 11) is 0. The van der Waals surface area contributed by atoms with E-state index in [4.69, 9.17) is 5.73 Å². The van der Waals surface area contributed by atoms with Crippen LogP contribution in [-0.2, 0) is 13.0 Å². The molecule has 2 N–H and O–H groups in total. The highest BCUT2D eigenvalue weighted by Crippen LogP contribution is 2.16. The fourth-order valence-electron chi connectivity index (χ4n) is 2.83. The second-order valence-electron chi connectivity index (χ2n) is 6.15. The molecule has 0 saturated carbocycles. The molecule has 0 spiro atoms. The largest absolute Gasteiger partial charge is 0.330 e. The molecule has 1 aromatic rings. The maximum Gasteiger partial charge on any atom is 0.0236 e. The number of nitrogens with two attached hydrogens (primary N) is 1. The van der Waals surface area contributed by atoms with Crippen LogP contribution in [0.5, 0.6) is 0 Å². The van der Waals surface area contributed by atoms with E-state index in [1.165, 1.54) is 30.5 Å². The van der Waals surface area contributed by atoms with E-state index in [-0.39, 0.29) is 0 Å². The molecule has 0 heterocycles. The highest BCUT2D eigenvalue weighted by atomic mass is 15.2. The summed E-state index contributed by atoms with van der Waals surface area (Å²) in [6.45, 7) is 12.2. The summed E-state index contributed by atoms with van der Waals surface area (Å²) in [5.41, 5.74) is 8.36. The Bertz CT molecular complexity index is 352. The van der Waals surface area contributed by atoms with Gasteiger partial charge >= 0.3 is 0 Å². The average molecular weight is 276 g/mol. The minimum Gasteiger partial charge on any atom is -0.330 e. The van der Waals surface area contributed by atoms with E-state index in [2.05, 4.69) is 56.9 Å². The van der Waals surface area contributed by atoms with Crippen LogP contribution in [0.2, 0.25) is 0 Å². The number of hydrogen-bond donors (Lipinski definition) is 1. The standard InChI is InChI=1S/C18H32N2/c1-5-18(6-2)20(13-15(3)4)14-17-9-7-16(8-10-17)11-12-19/h7-10,15,18H,5-6,11-14,19H2,1-4H3. The van der Waals surface area contributed by atoms with Crippen LogP contribution in [-0.4, -0.2) is 24.0 Å². The van der Waals surface area contributed by atoms with E-state index in [0.29, 0.717) is 12.0 Å². The van der Waals surface area contributed by atoms with Gasteiger partial charge in [0.05, 0.1) is 0 Å². The highest BCUT2D eigenvalue weighted by molar-refractivity contribution is 5.22. The van der Waals surface area contributed by atoms with Gasteiger partial charge in [-0.15, -0.1) is 0 Å². The lowest BCUT2D eigenvalue weighted by atomic mass is 10.0. The molecule has 0 saturated heterocycles. The van der Waals surface area contributed by atoms with Gasteiger partial charge in [0.25, 0.3) is 0 Å². The molecule has 20 heavy (non-hydrogen) atoms. The quantitative estimate of drug-likeness (QED) is 0.742. The first-order valence-corrected chi connectivity index (χ1v) is 8.12. The van der Waals surface area contributed by atoms with Gasteiger partial charge in [0.1, 0.15) is 0 Å². The first-order valence-electron chi connectivity index (χ1n) is 8.12. The van der Waals surface area contributed by atoms with E-state index in [0.717, 1.165) is 19.5 Å². The molecular formula is C18H32N2. The lowest BCUT2D eigenvalue weighted by Crippen LogP contribution is -2.36. The normalized spacial score (nSPS) is 11.8. The molecule has 2 heteroatoms. The van der Waals surface area contributed by atoms with Crippen LogP contribution in [0, 0.1) is 5.92 Å². The molecule has 0 aromatic heterocycles. The minimum absolute atomic E-state index is 0.695. The molecule has 0 aliphatic rings. The Morgan fingerprint density at radius 2 is 1.55 bits per heavy atom. The van der Waals surface area contributed by atoms with Crippen molar-refractivity contribution in [2.24, 2.45) is 11.7 Å². The maximum absolute atomic E-state index is 5.60. The van der Waals surface area contributed by atoms with Gasteiger partial charge in [-0.05, 0) is 42.9 Å². The summed E-state index contributed by atoms with van der Waals surface area (Å²) in [4.78, 5) is 2.64. The third-order valence-corrected chi connectivity index (χ3v) is 3.90. The minimum atomic E-state index is 0.695. The first kappa shape index (κ1) is 17.2. The Morgan fingerprint density at radius 1 is 1.00 bits per heavy atom. The predicted molar refractivity (Wildman–Crippen MR) is 88.8 cm³/mol. The Morgan fingerprint density at radius 3 is 2.00 bits per heavy atom. The summed E-state index contributed by atoms with van der Waals surface area (Å²) >= 11 is 0. The Hall–Kier alpha value is -0.860. The monoisotopic (exact) mass is 276 g/mol. The van der Waals surface area contributed by atoms with Gasteiger partial charge in [0, 0.05) is 19.1 Å². The molecular weight excluding hydrogens is 244 g/mol. The summed E-state index contributed by atoms with van der Waals surface area (Å²) in [5, 5.41) is 0. The molecule has 114 valence electrons. The van der Waals surface area contributed by atoms with Crippen molar-refractivity contribution in [2.75, 3.05) is 13.1 Å². The Kier molecular flexibility index (Phi) is 7.86. The number of benzene rings is 1. The van der Waals surface area contributed by atoms with Crippen molar-refractivity contribution in [3.05, 3.63) is 35.4 Å². The van der Waals surface area contributed by atoms with Gasteiger partial charge < -0.3 is 5.73 Å². The zero-order chi connectivity index (χ0) is 15.0. The topological polar surface area (TPSA) is 29.3 Å². The van der Waals surface area contributed by atoms with E-state index < -0.39 is 0 Å². The zero-order valence-electron chi connectivity index (χ0n) is 13.7. The Labute approximate surface area is 125 Å². The second-order valence-corrected chi connectivity index (χ2v) is 6.15. The molecule has 0 fully saturated rings. The third kappa shape index (κ3) is 5.64. The molecule has 0 aliphatic carbocycles. The van der Waals surface area contributed by atoms with Crippen LogP contribution in [0.4, 0.5) is 0 Å². The van der Waals surface area contributed by atoms with Crippen LogP contribution < -0.4 is 5.73 Å². The van der Waals surface area contributed by atoms with Crippen LogP contribution in [0.3, 0.4) is 0 Å². The maximum atomic E-state index is 5.60. The number of hydrogen-bond acceptors (Lipinski definition) is 2. The van der Waals surface area contributed by atoms with Crippen LogP contribution >= 0.6 is 0 Å². The fourth-order valence-corrected chi connectivity index (χ4v) is 2.83. The summed E-state index contributed by atoms with van der Waals surface area (Å²) in [5.74, 6) is 0.715. The highest BCUT2D eigenvalue weighted by Gasteiger charge is 2.16. The fraction of sp³-hybridized carbons (Fsp3) is 0.667. The van der Waals surface area contributed by atoms with E-state index in [9.17, 15) is 0 Å². The molecule has 0 atom stereocenters. The summed E-state index contributed by atoms with van der Waals surface area (Å²) in [6.07, 6.45) is 3.44. The van der Waals surface area contributed by atoms with Gasteiger partial charge in [-0.1, -0.05) is 52.0 Å². The van der Waals surface area contributed by atoms with Crippen molar-refractivity contribution in [1.82, 2.24) is 4.90 Å². The van der Waals surface area contributed by atoms with Crippen LogP contribution in [0.15, 0.2) is 24.3 Å². The molecule has 0 aliphatic heterocycles. The van der Waals surface area contributed by atoms with Gasteiger partial charge in [-0.2, -0.15) is 0 Å². The molecule has 0 amide bonds. The molecule has 0 radical (unpaired) electrons. The van der Waals surface area contributed by atoms with Gasteiger partial charge in [-0.25, -0.2) is 0 Å². The molecule has 1 aromatic carbocycles. The summed E-state index contributed by atoms with van der Waals surface area (Å²) < 4.78 is 0. The Balaban J connectivity index is 2.72. The van der Waals surface area contributed by atoms with Crippen molar-refractivity contribution >= 4 is 0 Å². The second kappa shape index (κ2) is 9.15. The average Bonchev–Trinajstić information content (AvgIpc) is 2.42. The van der Waals surface area contributed by atoms with E-state index >= 15 is 0 Å². The van der Waals surface area contributed by atoms with E-state index in [1.807, 2.05) is 0 Å². The molecule has 2 nitrogen and oxygen atoms in total. The first-order chi connectivity index (χ1) is 9.60. The third-order valence-electron chi connectivity index (χ3n) is 3.90. The predicted octanol–water partition coefficient (Wildman–Crippen LogP) is 3.83. The molecule has 0 bridgehead atoms. The van der Waals surface area contributed by atoms with Crippen molar-refractivity contribution < 1.29 is 0 Å². The van der Waals surface area contributed by atoms with Crippen LogP contribution in [0.1, 0.15) is 51.7 Å². The number of nitrogens with zero attached hydrogens (tertiary/aromatic N) is 1. The lowest BCUT2D eigenvalue weighted by molar-refractivity contribution is 0.157. The zero-order valence-corrected chi connectivity index (χ0v) is 13.7. The van der Waals surface area contributed by atoms with Crippen molar-refractivity contribution in [3.63, 3.8) is 0 Å². The van der Waals surface area contributed by atoms with Crippen molar-refractivity contribution in [1.29, 1.82) is 0 Å². The van der Waals surface area contributed by atoms with Crippen molar-refractivity contribution in [2.45, 2.75) is 59.5 Å². The lowest BCUT2D eigenvalue weighted by Gasteiger charge is -2.32. The van der Waals surface area contributed by atoms with Gasteiger partial charge in [0.2, 0.25) is 0 Å². The number of rotatable bonds is 9. The van der Waals surface area contributed by atoms with Gasteiger partial charge in [-0.3, -0.25) is 4.90 Å². The van der Waals surface area contributed by atoms with Gasteiger partial charge in [0.15, 0.2) is 0 Å². The van der Waals surface area contributed by atoms with Crippen molar-refractivity contribution in [3.8, 4) is 0 Å². The smallest absolute Gasteiger partial charge is 0.0236 e. The van der Waals surface area contributed by atoms with E-state index in [1.54, 1.807) is 0 Å². The SMILES string of the molecule is CCC(CC)N(Cc1ccc(CCN)cc1)CC(C)C. The van der Waals surface area contributed by atoms with Crippen LogP contribution in [0.25, 0.3) is 0 Å². The molecule has 1 rings (SSSR count). The molecule has 0 unspecified atom stereocenters.